The lowest BCUT2D eigenvalue weighted by molar-refractivity contribution is -0.114. The average molecular weight is 237 g/mol. The summed E-state index contributed by atoms with van der Waals surface area (Å²) in [4.78, 5) is 0. The molecular formula is C10H6F5O. The van der Waals surface area contributed by atoms with Crippen molar-refractivity contribution in [2.24, 2.45) is 0 Å². The Balaban J connectivity index is 2.86. The number of hydrogen-bond acceptors (Lipinski definition) is 1. The van der Waals surface area contributed by atoms with Crippen molar-refractivity contribution in [2.75, 3.05) is 0 Å². The predicted molar refractivity (Wildman–Crippen MR) is 46.8 cm³/mol. The SMILES string of the molecule is [CH2]c1ccc(OC(F)=C(F)C(F)(F)F)cc1. The van der Waals surface area contributed by atoms with Gasteiger partial charge in [0.05, 0.1) is 0 Å². The molecule has 0 aliphatic heterocycles. The molecule has 0 spiro atoms. The van der Waals surface area contributed by atoms with Gasteiger partial charge in [-0.2, -0.15) is 22.0 Å². The molecule has 0 bridgehead atoms. The molecule has 1 radical (unpaired) electrons. The summed E-state index contributed by atoms with van der Waals surface area (Å²) in [5, 5.41) is 0. The summed E-state index contributed by atoms with van der Waals surface area (Å²) in [5.74, 6) is -3.14. The molecule has 87 valence electrons. The maximum absolute atomic E-state index is 12.6. The first-order chi connectivity index (χ1) is 7.30. The second kappa shape index (κ2) is 4.51. The maximum Gasteiger partial charge on any atom is 0.449 e. The molecule has 0 saturated carbocycles. The van der Waals surface area contributed by atoms with E-state index >= 15 is 0 Å². The van der Waals surface area contributed by atoms with Crippen molar-refractivity contribution in [2.45, 2.75) is 6.18 Å². The Morgan fingerprint density at radius 2 is 1.56 bits per heavy atom. The maximum atomic E-state index is 12.6. The van der Waals surface area contributed by atoms with Crippen molar-refractivity contribution < 1.29 is 26.7 Å². The van der Waals surface area contributed by atoms with Gasteiger partial charge in [-0.25, -0.2) is 0 Å². The summed E-state index contributed by atoms with van der Waals surface area (Å²) in [6, 6.07) is 2.80. The van der Waals surface area contributed by atoms with Crippen LogP contribution in [0.5, 0.6) is 5.75 Å². The van der Waals surface area contributed by atoms with Gasteiger partial charge in [0.2, 0.25) is 0 Å². The molecule has 0 atom stereocenters. The van der Waals surface area contributed by atoms with Crippen LogP contribution in [-0.2, 0) is 0 Å². The Hall–Kier alpha value is -1.59. The molecular weight excluding hydrogens is 231 g/mol. The highest BCUT2D eigenvalue weighted by molar-refractivity contribution is 5.29. The fraction of sp³-hybridized carbons (Fsp3) is 0.100. The second-order valence-electron chi connectivity index (χ2n) is 2.83. The lowest BCUT2D eigenvalue weighted by Gasteiger charge is -2.06. The molecule has 0 fully saturated rings. The van der Waals surface area contributed by atoms with Crippen LogP contribution >= 0.6 is 0 Å². The van der Waals surface area contributed by atoms with E-state index in [1.165, 1.54) is 24.3 Å². The Bertz CT molecular complexity index is 391. The van der Waals surface area contributed by atoms with Crippen molar-refractivity contribution in [3.05, 3.63) is 48.6 Å². The van der Waals surface area contributed by atoms with E-state index in [-0.39, 0.29) is 5.75 Å². The summed E-state index contributed by atoms with van der Waals surface area (Å²) >= 11 is 0. The number of ether oxygens (including phenoxy) is 1. The molecule has 1 rings (SSSR count). The minimum absolute atomic E-state index is 0.246. The van der Waals surface area contributed by atoms with Gasteiger partial charge in [0, 0.05) is 0 Å². The molecule has 1 nitrogen and oxygen atoms in total. The minimum atomic E-state index is -5.39. The molecule has 1 aromatic carbocycles. The van der Waals surface area contributed by atoms with Crippen LogP contribution < -0.4 is 4.74 Å². The number of hydrogen-bond donors (Lipinski definition) is 0. The first-order valence-corrected chi connectivity index (χ1v) is 4.03. The molecule has 0 heterocycles. The molecule has 1 aromatic rings. The third kappa shape index (κ3) is 3.22. The summed E-state index contributed by atoms with van der Waals surface area (Å²) in [6.45, 7) is 3.50. The zero-order valence-electron chi connectivity index (χ0n) is 7.81. The van der Waals surface area contributed by atoms with Crippen LogP contribution in [0.4, 0.5) is 22.0 Å². The van der Waals surface area contributed by atoms with E-state index in [0.717, 1.165) is 0 Å². The van der Waals surface area contributed by atoms with Gasteiger partial charge >= 0.3 is 12.2 Å². The van der Waals surface area contributed by atoms with Gasteiger partial charge in [0.15, 0.2) is 0 Å². The van der Waals surface area contributed by atoms with Crippen LogP contribution in [0, 0.1) is 6.92 Å². The molecule has 16 heavy (non-hydrogen) atoms. The van der Waals surface area contributed by atoms with Crippen molar-refractivity contribution in [3.8, 4) is 5.75 Å². The van der Waals surface area contributed by atoms with Gasteiger partial charge in [0.25, 0.3) is 5.83 Å². The summed E-state index contributed by atoms with van der Waals surface area (Å²) < 4.78 is 64.1. The lowest BCUT2D eigenvalue weighted by atomic mass is 10.2. The largest absolute Gasteiger partial charge is 0.449 e. The van der Waals surface area contributed by atoms with Crippen LogP contribution in [0.25, 0.3) is 0 Å². The molecule has 0 aromatic heterocycles. The number of rotatable bonds is 2. The van der Waals surface area contributed by atoms with Crippen molar-refractivity contribution in [1.82, 2.24) is 0 Å². The van der Waals surface area contributed by atoms with Crippen LogP contribution in [0.3, 0.4) is 0 Å². The Morgan fingerprint density at radius 3 is 2.00 bits per heavy atom. The first kappa shape index (κ1) is 12.5. The molecule has 0 amide bonds. The smallest absolute Gasteiger partial charge is 0.430 e. The highest BCUT2D eigenvalue weighted by atomic mass is 19.4. The fourth-order valence-electron chi connectivity index (χ4n) is 0.817. The molecule has 0 saturated heterocycles. The summed E-state index contributed by atoms with van der Waals surface area (Å²) in [5.41, 5.74) is 0.563. The van der Waals surface area contributed by atoms with Crippen LogP contribution in [-0.4, -0.2) is 6.18 Å². The predicted octanol–water partition coefficient (Wildman–Crippen LogP) is 3.92. The standard InChI is InChI=1S/C10H6F5O/c1-6-2-4-7(5-3-6)16-9(12)8(11)10(13,14)15/h2-5H,1H2. The van der Waals surface area contributed by atoms with E-state index in [0.29, 0.717) is 5.56 Å². The molecule has 6 heteroatoms. The van der Waals surface area contributed by atoms with Crippen LogP contribution in [0.1, 0.15) is 5.56 Å². The van der Waals surface area contributed by atoms with Crippen molar-refractivity contribution >= 4 is 0 Å². The van der Waals surface area contributed by atoms with Gasteiger partial charge in [0.1, 0.15) is 5.75 Å². The zero-order valence-corrected chi connectivity index (χ0v) is 7.81. The van der Waals surface area contributed by atoms with Gasteiger partial charge in [-0.3, -0.25) is 0 Å². The first-order valence-electron chi connectivity index (χ1n) is 4.03. The number of alkyl halides is 3. The molecule has 0 unspecified atom stereocenters. The van der Waals surface area contributed by atoms with E-state index in [1.807, 2.05) is 0 Å². The van der Waals surface area contributed by atoms with Gasteiger partial charge in [-0.1, -0.05) is 12.1 Å². The van der Waals surface area contributed by atoms with Crippen LogP contribution in [0.15, 0.2) is 36.1 Å². The van der Waals surface area contributed by atoms with Gasteiger partial charge < -0.3 is 4.74 Å². The molecule has 0 N–H and O–H groups in total. The number of halogens is 5. The van der Waals surface area contributed by atoms with Gasteiger partial charge in [-0.05, 0) is 24.6 Å². The summed E-state index contributed by atoms with van der Waals surface area (Å²) in [7, 11) is 0. The van der Waals surface area contributed by atoms with E-state index in [4.69, 9.17) is 0 Å². The highest BCUT2D eigenvalue weighted by Crippen LogP contribution is 2.30. The Labute approximate surface area is 88.1 Å². The fourth-order valence-corrected chi connectivity index (χ4v) is 0.817. The molecule has 0 aliphatic rings. The Morgan fingerprint density at radius 1 is 1.06 bits per heavy atom. The van der Waals surface area contributed by atoms with Crippen molar-refractivity contribution in [3.63, 3.8) is 0 Å². The molecule has 0 aliphatic carbocycles. The summed E-state index contributed by atoms with van der Waals surface area (Å²) in [6.07, 6.45) is -5.39. The van der Waals surface area contributed by atoms with E-state index in [1.54, 1.807) is 0 Å². The lowest BCUT2D eigenvalue weighted by Crippen LogP contribution is -2.11. The second-order valence-corrected chi connectivity index (χ2v) is 2.83. The average Bonchev–Trinajstić information content (AvgIpc) is 2.19. The quantitative estimate of drug-likeness (QED) is 0.559. The third-order valence-corrected chi connectivity index (χ3v) is 1.55. The highest BCUT2D eigenvalue weighted by Gasteiger charge is 2.39. The minimum Gasteiger partial charge on any atom is -0.430 e. The van der Waals surface area contributed by atoms with Crippen LogP contribution in [0.2, 0.25) is 0 Å². The van der Waals surface area contributed by atoms with E-state index in [9.17, 15) is 22.0 Å². The monoisotopic (exact) mass is 237 g/mol. The van der Waals surface area contributed by atoms with E-state index < -0.39 is 18.0 Å². The normalized spacial score (nSPS) is 13.4. The third-order valence-electron chi connectivity index (χ3n) is 1.55. The van der Waals surface area contributed by atoms with E-state index in [2.05, 4.69) is 11.7 Å². The topological polar surface area (TPSA) is 9.23 Å². The van der Waals surface area contributed by atoms with Gasteiger partial charge in [-0.15, -0.1) is 0 Å². The number of allylic oxidation sites excluding steroid dienone is 1. The number of benzene rings is 1. The zero-order chi connectivity index (χ0) is 12.3. The van der Waals surface area contributed by atoms with Crippen molar-refractivity contribution in [1.29, 1.82) is 0 Å². The Kier molecular flexibility index (Phi) is 3.51.